The van der Waals surface area contributed by atoms with Gasteiger partial charge in [-0.1, -0.05) is 0 Å². The lowest BCUT2D eigenvalue weighted by atomic mass is 10.2. The van der Waals surface area contributed by atoms with Gasteiger partial charge in [-0.25, -0.2) is 8.42 Å². The largest absolute Gasteiger partial charge is 0.399 e. The van der Waals surface area contributed by atoms with E-state index in [0.29, 0.717) is 24.6 Å². The third kappa shape index (κ3) is 2.16. The van der Waals surface area contributed by atoms with Crippen molar-refractivity contribution < 1.29 is 8.42 Å². The monoisotopic (exact) mass is 293 g/mol. The van der Waals surface area contributed by atoms with E-state index in [0.717, 1.165) is 5.56 Å². The standard InChI is InChI=1S/C12H15N5O2S/c1-9-4-10(13)6-11(5-9)20(18,19)17-3-2-16-8-14-15-12(16)7-17/h4-6,8H,2-3,7,13H2,1H3. The van der Waals surface area contributed by atoms with Crippen molar-refractivity contribution >= 4 is 15.7 Å². The molecule has 0 spiro atoms. The minimum Gasteiger partial charge on any atom is -0.399 e. The number of aromatic nitrogens is 3. The average Bonchev–Trinajstić information content (AvgIpc) is 2.84. The number of rotatable bonds is 2. The molecule has 2 aromatic rings. The van der Waals surface area contributed by atoms with Crippen molar-refractivity contribution in [2.24, 2.45) is 0 Å². The van der Waals surface area contributed by atoms with Crippen LogP contribution in [0.1, 0.15) is 11.4 Å². The fourth-order valence-electron chi connectivity index (χ4n) is 2.32. The van der Waals surface area contributed by atoms with E-state index in [4.69, 9.17) is 5.73 Å². The van der Waals surface area contributed by atoms with E-state index in [-0.39, 0.29) is 11.4 Å². The average molecular weight is 293 g/mol. The third-order valence-electron chi connectivity index (χ3n) is 3.31. The molecule has 0 saturated carbocycles. The van der Waals surface area contributed by atoms with Crippen molar-refractivity contribution in [3.05, 3.63) is 35.9 Å². The molecule has 0 saturated heterocycles. The number of anilines is 1. The van der Waals surface area contributed by atoms with Crippen molar-refractivity contribution in [3.8, 4) is 0 Å². The van der Waals surface area contributed by atoms with Crippen molar-refractivity contribution in [1.82, 2.24) is 19.1 Å². The Balaban J connectivity index is 1.97. The summed E-state index contributed by atoms with van der Waals surface area (Å²) >= 11 is 0. The molecule has 1 aromatic heterocycles. The molecule has 2 heterocycles. The van der Waals surface area contributed by atoms with E-state index in [1.807, 2.05) is 11.5 Å². The highest BCUT2D eigenvalue weighted by molar-refractivity contribution is 7.89. The van der Waals surface area contributed by atoms with E-state index in [1.165, 1.54) is 10.4 Å². The Morgan fingerprint density at radius 2 is 2.05 bits per heavy atom. The third-order valence-corrected chi connectivity index (χ3v) is 5.14. The molecule has 8 heteroatoms. The second-order valence-corrected chi connectivity index (χ2v) is 6.80. The summed E-state index contributed by atoms with van der Waals surface area (Å²) in [5, 5.41) is 7.72. The van der Waals surface area contributed by atoms with Crippen molar-refractivity contribution in [2.45, 2.75) is 24.9 Å². The van der Waals surface area contributed by atoms with Crippen molar-refractivity contribution in [2.75, 3.05) is 12.3 Å². The Kier molecular flexibility index (Phi) is 2.98. The first-order chi connectivity index (χ1) is 9.46. The summed E-state index contributed by atoms with van der Waals surface area (Å²) in [4.78, 5) is 0.225. The van der Waals surface area contributed by atoms with Gasteiger partial charge in [-0.05, 0) is 30.7 Å². The number of fused-ring (bicyclic) bond motifs is 1. The Labute approximate surface area is 117 Å². The number of nitrogens with two attached hydrogens (primary N) is 1. The minimum atomic E-state index is -3.56. The Morgan fingerprint density at radius 3 is 2.80 bits per heavy atom. The summed E-state index contributed by atoms with van der Waals surface area (Å²) in [6, 6.07) is 4.86. The van der Waals surface area contributed by atoms with Gasteiger partial charge in [0.25, 0.3) is 0 Å². The molecule has 0 atom stereocenters. The van der Waals surface area contributed by atoms with Crippen molar-refractivity contribution in [1.29, 1.82) is 0 Å². The molecule has 2 N–H and O–H groups in total. The van der Waals surface area contributed by atoms with Crippen LogP contribution in [0.4, 0.5) is 5.69 Å². The van der Waals surface area contributed by atoms with Gasteiger partial charge in [-0.2, -0.15) is 4.31 Å². The molecule has 1 aliphatic heterocycles. The van der Waals surface area contributed by atoms with Crippen LogP contribution in [0.25, 0.3) is 0 Å². The summed E-state index contributed by atoms with van der Waals surface area (Å²) < 4.78 is 28.5. The van der Waals surface area contributed by atoms with Crippen LogP contribution in [-0.4, -0.2) is 34.0 Å². The molecule has 0 radical (unpaired) electrons. The summed E-state index contributed by atoms with van der Waals surface area (Å²) in [6.07, 6.45) is 1.62. The summed E-state index contributed by atoms with van der Waals surface area (Å²) in [5.41, 5.74) is 7.01. The smallest absolute Gasteiger partial charge is 0.243 e. The van der Waals surface area contributed by atoms with Crippen molar-refractivity contribution in [3.63, 3.8) is 0 Å². The highest BCUT2D eigenvalue weighted by Crippen LogP contribution is 2.23. The van der Waals surface area contributed by atoms with E-state index >= 15 is 0 Å². The zero-order chi connectivity index (χ0) is 14.3. The highest BCUT2D eigenvalue weighted by Gasteiger charge is 2.29. The molecule has 0 fully saturated rings. The van der Waals surface area contributed by atoms with Gasteiger partial charge in [0.1, 0.15) is 12.2 Å². The number of hydrogen-bond donors (Lipinski definition) is 1. The maximum Gasteiger partial charge on any atom is 0.243 e. The number of benzene rings is 1. The van der Waals surface area contributed by atoms with Crippen LogP contribution in [0.5, 0.6) is 0 Å². The van der Waals surface area contributed by atoms with Gasteiger partial charge in [0.05, 0.1) is 11.4 Å². The van der Waals surface area contributed by atoms with Crippen LogP contribution in [0.2, 0.25) is 0 Å². The molecule has 0 bridgehead atoms. The van der Waals surface area contributed by atoms with E-state index < -0.39 is 10.0 Å². The molecule has 0 aliphatic carbocycles. The predicted octanol–water partition coefficient (Wildman–Crippen LogP) is 0.373. The van der Waals surface area contributed by atoms with Gasteiger partial charge in [0.2, 0.25) is 10.0 Å². The quantitative estimate of drug-likeness (QED) is 0.807. The maximum absolute atomic E-state index is 12.6. The van der Waals surface area contributed by atoms with Crippen LogP contribution >= 0.6 is 0 Å². The summed E-state index contributed by atoms with van der Waals surface area (Å²) in [7, 11) is -3.56. The topological polar surface area (TPSA) is 94.1 Å². The van der Waals surface area contributed by atoms with E-state index in [9.17, 15) is 8.42 Å². The number of hydrogen-bond acceptors (Lipinski definition) is 5. The molecule has 7 nitrogen and oxygen atoms in total. The lowest BCUT2D eigenvalue weighted by molar-refractivity contribution is 0.335. The maximum atomic E-state index is 12.6. The molecule has 1 aromatic carbocycles. The summed E-state index contributed by atoms with van der Waals surface area (Å²) in [5.74, 6) is 0.653. The highest BCUT2D eigenvalue weighted by atomic mass is 32.2. The van der Waals surface area contributed by atoms with Gasteiger partial charge in [-0.15, -0.1) is 10.2 Å². The molecular weight excluding hydrogens is 278 g/mol. The fraction of sp³-hybridized carbons (Fsp3) is 0.333. The Hall–Kier alpha value is -1.93. The normalized spacial score (nSPS) is 16.1. The van der Waals surface area contributed by atoms with Gasteiger partial charge >= 0.3 is 0 Å². The number of aryl methyl sites for hydroxylation is 1. The van der Waals surface area contributed by atoms with Gasteiger partial charge in [-0.3, -0.25) is 0 Å². The molecule has 0 unspecified atom stereocenters. The first-order valence-electron chi connectivity index (χ1n) is 6.21. The van der Waals surface area contributed by atoms with E-state index in [1.54, 1.807) is 18.5 Å². The first kappa shape index (κ1) is 13.1. The fourth-order valence-corrected chi connectivity index (χ4v) is 3.85. The molecule has 3 rings (SSSR count). The first-order valence-corrected chi connectivity index (χ1v) is 7.65. The van der Waals surface area contributed by atoms with Gasteiger partial charge in [0.15, 0.2) is 0 Å². The van der Waals surface area contributed by atoms with Crippen LogP contribution in [0, 0.1) is 6.92 Å². The number of sulfonamides is 1. The van der Waals surface area contributed by atoms with Gasteiger partial charge in [0, 0.05) is 18.8 Å². The zero-order valence-electron chi connectivity index (χ0n) is 11.0. The van der Waals surface area contributed by atoms with Crippen LogP contribution in [0.15, 0.2) is 29.4 Å². The number of nitrogen functional groups attached to an aromatic ring is 1. The second kappa shape index (κ2) is 4.57. The second-order valence-electron chi connectivity index (χ2n) is 4.86. The molecule has 0 amide bonds. The lowest BCUT2D eigenvalue weighted by Crippen LogP contribution is -2.38. The van der Waals surface area contributed by atoms with Crippen LogP contribution < -0.4 is 5.73 Å². The molecule has 106 valence electrons. The van der Waals surface area contributed by atoms with Crippen LogP contribution in [-0.2, 0) is 23.1 Å². The Morgan fingerprint density at radius 1 is 1.25 bits per heavy atom. The number of nitrogens with zero attached hydrogens (tertiary/aromatic N) is 4. The van der Waals surface area contributed by atoms with E-state index in [2.05, 4.69) is 10.2 Å². The summed E-state index contributed by atoms with van der Waals surface area (Å²) in [6.45, 7) is 3.02. The molecule has 1 aliphatic rings. The van der Waals surface area contributed by atoms with Gasteiger partial charge < -0.3 is 10.3 Å². The Bertz CT molecular complexity index is 733. The lowest BCUT2D eigenvalue weighted by Gasteiger charge is -2.26. The van der Waals surface area contributed by atoms with Crippen LogP contribution in [0.3, 0.4) is 0 Å². The zero-order valence-corrected chi connectivity index (χ0v) is 11.8. The minimum absolute atomic E-state index is 0.225. The SMILES string of the molecule is Cc1cc(N)cc(S(=O)(=O)N2CCn3cnnc3C2)c1. The predicted molar refractivity (Wildman–Crippen MR) is 73.2 cm³/mol. The molecular formula is C12H15N5O2S. The molecule has 20 heavy (non-hydrogen) atoms.